The van der Waals surface area contributed by atoms with E-state index in [9.17, 15) is 19.2 Å². The van der Waals surface area contributed by atoms with E-state index in [2.05, 4.69) is 67.2 Å². The lowest BCUT2D eigenvalue weighted by Crippen LogP contribution is -2.32. The van der Waals surface area contributed by atoms with Crippen LogP contribution in [0, 0.1) is 0 Å². The number of pyridine rings is 1. The van der Waals surface area contributed by atoms with Gasteiger partial charge in [0.15, 0.2) is 0 Å². The van der Waals surface area contributed by atoms with E-state index in [1.807, 2.05) is 0 Å². The molecule has 0 saturated heterocycles. The van der Waals surface area contributed by atoms with Gasteiger partial charge in [-0.1, -0.05) is 66.7 Å². The van der Waals surface area contributed by atoms with Crippen LogP contribution in [0.1, 0.15) is 34.8 Å². The van der Waals surface area contributed by atoms with E-state index in [-0.39, 0.29) is 23.2 Å². The molecule has 6 aromatic carbocycles. The van der Waals surface area contributed by atoms with Gasteiger partial charge in [0.1, 0.15) is 34.1 Å². The molecular formula is C49H43N15O4. The van der Waals surface area contributed by atoms with Gasteiger partial charge in [0.2, 0.25) is 11.8 Å². The van der Waals surface area contributed by atoms with Gasteiger partial charge in [-0.25, -0.2) is 4.98 Å². The quantitative estimate of drug-likeness (QED) is 0.0509. The predicted octanol–water partition coefficient (Wildman–Crippen LogP) is 11.8. The van der Waals surface area contributed by atoms with Crippen LogP contribution >= 0.6 is 0 Å². The van der Waals surface area contributed by atoms with E-state index < -0.39 is 23.9 Å². The molecule has 7 rings (SSSR count). The Morgan fingerprint density at radius 1 is 0.382 bits per heavy atom. The Morgan fingerprint density at radius 2 is 0.662 bits per heavy atom. The highest BCUT2D eigenvalue weighted by Crippen LogP contribution is 2.33. The van der Waals surface area contributed by atoms with Crippen LogP contribution in [0.2, 0.25) is 0 Å². The summed E-state index contributed by atoms with van der Waals surface area (Å²) in [4.78, 5) is 55.7. The smallest absolute Gasteiger partial charge is 0.274 e. The Morgan fingerprint density at radius 3 is 0.971 bits per heavy atom. The molecule has 8 N–H and O–H groups in total. The topological polar surface area (TPSA) is 280 Å². The van der Waals surface area contributed by atoms with Crippen molar-refractivity contribution in [3.63, 3.8) is 0 Å². The number of nitrogens with zero attached hydrogens (tertiary/aromatic N) is 9. The van der Waals surface area contributed by atoms with E-state index in [0.29, 0.717) is 68.2 Å². The lowest BCUT2D eigenvalue weighted by Gasteiger charge is -2.09. The number of aromatic nitrogens is 1. The molecule has 0 radical (unpaired) electrons. The molecule has 0 aliphatic carbocycles. The molecule has 0 aliphatic rings. The second kappa shape index (κ2) is 22.5. The summed E-state index contributed by atoms with van der Waals surface area (Å²) in [5.41, 5.74) is 16.4. The normalized spacial score (nSPS) is 12.3. The predicted molar refractivity (Wildman–Crippen MR) is 260 cm³/mol. The summed E-state index contributed by atoms with van der Waals surface area (Å²) in [6.45, 7) is 3.17. The van der Waals surface area contributed by atoms with Gasteiger partial charge in [0.05, 0.1) is 57.6 Å². The van der Waals surface area contributed by atoms with Crippen LogP contribution in [0.4, 0.5) is 68.2 Å². The summed E-state index contributed by atoms with van der Waals surface area (Å²) in [6, 6.07) is 44.4. The second-order valence-electron chi connectivity index (χ2n) is 14.8. The van der Waals surface area contributed by atoms with Gasteiger partial charge in [-0.2, -0.15) is 20.5 Å². The number of amides is 4. The third-order valence-corrected chi connectivity index (χ3v) is 9.42. The number of hydrogen-bond acceptors (Lipinski definition) is 15. The summed E-state index contributed by atoms with van der Waals surface area (Å²) in [7, 11) is 0. The Labute approximate surface area is 389 Å². The highest BCUT2D eigenvalue weighted by molar-refractivity contribution is 6.07. The molecule has 19 heteroatoms. The van der Waals surface area contributed by atoms with Crippen LogP contribution in [0.3, 0.4) is 0 Å². The number of carbonyl (C=O) groups is 4. The summed E-state index contributed by atoms with van der Waals surface area (Å²) in [6.07, 6.45) is 0. The number of anilines is 4. The van der Waals surface area contributed by atoms with Crippen molar-refractivity contribution in [2.45, 2.75) is 25.9 Å². The van der Waals surface area contributed by atoms with E-state index in [1.54, 1.807) is 166 Å². The number of rotatable bonds is 16. The lowest BCUT2D eigenvalue weighted by atomic mass is 10.2. The van der Waals surface area contributed by atoms with Crippen LogP contribution in [0.5, 0.6) is 0 Å². The number of nitrogens with two attached hydrogens (primary N) is 2. The van der Waals surface area contributed by atoms with Crippen LogP contribution in [-0.2, 0) is 9.59 Å². The minimum Gasteiger partial charge on any atom is -0.323 e. The van der Waals surface area contributed by atoms with Crippen molar-refractivity contribution in [2.24, 2.45) is 52.4 Å². The zero-order valence-corrected chi connectivity index (χ0v) is 36.6. The van der Waals surface area contributed by atoms with Crippen molar-refractivity contribution >= 4 is 91.9 Å². The average Bonchev–Trinajstić information content (AvgIpc) is 3.35. The summed E-state index contributed by atoms with van der Waals surface area (Å²) < 4.78 is 0. The van der Waals surface area contributed by atoms with Gasteiger partial charge in [-0.15, -0.1) is 20.5 Å². The molecule has 1 aromatic heterocycles. The van der Waals surface area contributed by atoms with Crippen molar-refractivity contribution in [3.05, 3.63) is 175 Å². The minimum atomic E-state index is -0.699. The van der Waals surface area contributed by atoms with Gasteiger partial charge in [-0.3, -0.25) is 19.2 Å². The molecule has 7 aromatic rings. The molecule has 0 bridgehead atoms. The molecular weight excluding hydrogens is 863 g/mol. The van der Waals surface area contributed by atoms with E-state index in [4.69, 9.17) is 11.5 Å². The fourth-order valence-corrected chi connectivity index (χ4v) is 5.90. The third-order valence-electron chi connectivity index (χ3n) is 9.42. The summed E-state index contributed by atoms with van der Waals surface area (Å²) in [5.74, 6) is -1.88. The average molecular weight is 906 g/mol. The second-order valence-corrected chi connectivity index (χ2v) is 14.8. The van der Waals surface area contributed by atoms with Crippen molar-refractivity contribution in [3.8, 4) is 0 Å². The van der Waals surface area contributed by atoms with Crippen LogP contribution < -0.4 is 32.7 Å². The van der Waals surface area contributed by atoms with Gasteiger partial charge in [0.25, 0.3) is 11.8 Å². The number of hydrogen-bond donors (Lipinski definition) is 6. The van der Waals surface area contributed by atoms with Crippen molar-refractivity contribution < 1.29 is 19.2 Å². The molecule has 4 amide bonds. The number of nitrogens with one attached hydrogen (secondary N) is 4. The molecule has 68 heavy (non-hydrogen) atoms. The first-order valence-corrected chi connectivity index (χ1v) is 20.9. The molecule has 0 unspecified atom stereocenters. The van der Waals surface area contributed by atoms with Crippen LogP contribution in [-0.4, -0.2) is 40.7 Å². The van der Waals surface area contributed by atoms with Gasteiger partial charge >= 0.3 is 0 Å². The Hall–Kier alpha value is -9.33. The highest BCUT2D eigenvalue weighted by atomic mass is 16.2. The summed E-state index contributed by atoms with van der Waals surface area (Å²) >= 11 is 0. The maximum Gasteiger partial charge on any atom is 0.274 e. The third kappa shape index (κ3) is 12.9. The van der Waals surface area contributed by atoms with Crippen molar-refractivity contribution in [2.75, 3.05) is 21.3 Å². The molecule has 1 heterocycles. The zero-order valence-electron chi connectivity index (χ0n) is 36.6. The molecule has 0 saturated carbocycles. The SMILES string of the molecule is C[C@H](N)C(=O)Nc1ccccc1N=Nc1cccc(N=Nc2ccccc2NC(=O)c2cccc(C(=O)Nc3ccccc3N=Nc3cccc(N=Nc4ccccc4NC(=O)[C@H](C)N)c3)n2)c1. The molecule has 19 nitrogen and oxygen atoms in total. The van der Waals surface area contributed by atoms with E-state index in [1.165, 1.54) is 12.1 Å². The van der Waals surface area contributed by atoms with Gasteiger partial charge < -0.3 is 32.7 Å². The lowest BCUT2D eigenvalue weighted by molar-refractivity contribution is -0.117. The Bertz CT molecular complexity index is 2890. The minimum absolute atomic E-state index is 0.0236. The molecule has 0 aliphatic heterocycles. The zero-order chi connectivity index (χ0) is 47.8. The Balaban J connectivity index is 0.990. The fourth-order valence-electron chi connectivity index (χ4n) is 5.90. The molecule has 2 atom stereocenters. The fraction of sp³-hybridized carbons (Fsp3) is 0.0816. The number of azo groups is 4. The number of benzene rings is 6. The van der Waals surface area contributed by atoms with Crippen molar-refractivity contribution in [1.82, 2.24) is 4.98 Å². The van der Waals surface area contributed by atoms with Gasteiger partial charge in [-0.05, 0) is 111 Å². The first-order valence-electron chi connectivity index (χ1n) is 20.9. The van der Waals surface area contributed by atoms with E-state index in [0.717, 1.165) is 0 Å². The van der Waals surface area contributed by atoms with Crippen LogP contribution in [0.15, 0.2) is 205 Å². The molecule has 0 spiro atoms. The molecule has 0 fully saturated rings. The number of carbonyl (C=O) groups excluding carboxylic acids is 4. The summed E-state index contributed by atoms with van der Waals surface area (Å²) in [5, 5.41) is 45.8. The first-order chi connectivity index (χ1) is 33.0. The Kier molecular flexibility index (Phi) is 15.5. The largest absolute Gasteiger partial charge is 0.323 e. The standard InChI is InChI=1S/C49H43N15O4/c1-30(50)46(65)53-36-18-3-7-22-40(36)61-57-32-14-11-16-34(28-32)59-63-42-24-9-5-20-38(42)55-48(67)44-26-13-27-45(52-44)49(68)56-39-21-6-10-25-43(39)64-60-35-17-12-15-33(29-35)58-62-41-23-8-4-19-37(41)54-47(66)31(2)51/h3-31H,50-51H2,1-2H3,(H,53,65)(H,54,66)(H,55,67)(H,56,68)/t30-,31-/m0/s1. The van der Waals surface area contributed by atoms with Crippen molar-refractivity contribution in [1.29, 1.82) is 0 Å². The highest BCUT2D eigenvalue weighted by Gasteiger charge is 2.16. The number of para-hydroxylation sites is 4. The maximum atomic E-state index is 13.5. The first kappa shape index (κ1) is 46.7. The van der Waals surface area contributed by atoms with Crippen LogP contribution in [0.25, 0.3) is 0 Å². The van der Waals surface area contributed by atoms with E-state index >= 15 is 0 Å². The van der Waals surface area contributed by atoms with Gasteiger partial charge in [0, 0.05) is 0 Å². The monoisotopic (exact) mass is 905 g/mol. The maximum absolute atomic E-state index is 13.5. The molecule has 338 valence electrons.